The number of rotatable bonds is 3. The van der Waals surface area contributed by atoms with Crippen LogP contribution >= 0.6 is 15.9 Å². The number of aliphatic hydroxyl groups is 1. The number of halogens is 1. The molecule has 0 saturated heterocycles. The molecule has 0 aromatic heterocycles. The Kier molecular flexibility index (Phi) is 3.60. The molecule has 0 unspecified atom stereocenters. The van der Waals surface area contributed by atoms with Crippen molar-refractivity contribution in [2.75, 3.05) is 0 Å². The summed E-state index contributed by atoms with van der Waals surface area (Å²) in [7, 11) is 0. The van der Waals surface area contributed by atoms with Crippen LogP contribution in [0.2, 0.25) is 0 Å². The maximum atomic E-state index is 10.4. The molecular weight excluding hydrogens is 250 g/mol. The Bertz CT molecular complexity index is 325. The summed E-state index contributed by atoms with van der Waals surface area (Å²) in [6, 6.07) is 5.82. The second-order valence-corrected chi connectivity index (χ2v) is 3.94. The Morgan fingerprint density at radius 2 is 1.93 bits per heavy atom. The molecule has 0 aliphatic rings. The molecule has 14 heavy (non-hydrogen) atoms. The second-order valence-electron chi connectivity index (χ2n) is 3.02. The Morgan fingerprint density at radius 3 is 2.36 bits per heavy atom. The van der Waals surface area contributed by atoms with Gasteiger partial charge in [0, 0.05) is 16.3 Å². The molecule has 0 saturated carbocycles. The summed E-state index contributed by atoms with van der Waals surface area (Å²) in [4.78, 5) is 9.92. The summed E-state index contributed by atoms with van der Waals surface area (Å²) in [5, 5.41) is 20.0. The first-order valence-electron chi connectivity index (χ1n) is 4.09. The van der Waals surface area contributed by atoms with E-state index in [-0.39, 0.29) is 0 Å². The van der Waals surface area contributed by atoms with Gasteiger partial charge in [-0.1, -0.05) is 28.1 Å². The molecule has 0 aliphatic heterocycles. The zero-order valence-electron chi connectivity index (χ0n) is 7.55. The molecule has 0 bridgehead atoms. The fourth-order valence-corrected chi connectivity index (χ4v) is 1.32. The van der Waals surface area contributed by atoms with Crippen molar-refractivity contribution in [2.45, 2.75) is 19.1 Å². The first-order chi connectivity index (χ1) is 6.52. The average molecular weight is 260 g/mol. The monoisotopic (exact) mass is 259 g/mol. The van der Waals surface area contributed by atoms with Gasteiger partial charge in [-0.2, -0.15) is 0 Å². The molecule has 1 rings (SSSR count). The highest BCUT2D eigenvalue weighted by molar-refractivity contribution is 9.10. The number of hydrogen-bond donors (Lipinski definition) is 1. The van der Waals surface area contributed by atoms with Crippen LogP contribution in [0.15, 0.2) is 28.7 Å². The third-order valence-corrected chi connectivity index (χ3v) is 2.53. The van der Waals surface area contributed by atoms with Gasteiger partial charge in [-0.05, 0) is 17.7 Å². The highest BCUT2D eigenvalue weighted by Crippen LogP contribution is 2.20. The summed E-state index contributed by atoms with van der Waals surface area (Å²) in [6.45, 7) is 1.38. The molecule has 1 aromatic carbocycles. The van der Waals surface area contributed by atoms with Crippen LogP contribution < -0.4 is 0 Å². The zero-order chi connectivity index (χ0) is 10.7. The zero-order valence-corrected chi connectivity index (χ0v) is 9.14. The minimum atomic E-state index is -1.06. The highest BCUT2D eigenvalue weighted by Gasteiger charge is 2.25. The minimum Gasteiger partial charge on any atom is -0.381 e. The molecule has 0 spiro atoms. The van der Waals surface area contributed by atoms with E-state index in [0.29, 0.717) is 5.56 Å². The number of hydrogen-bond acceptors (Lipinski definition) is 3. The van der Waals surface area contributed by atoms with Gasteiger partial charge in [0.15, 0.2) is 0 Å². The predicted octanol–water partition coefficient (Wildman–Crippen LogP) is 2.15. The minimum absolute atomic E-state index is 0.493. The smallest absolute Gasteiger partial charge is 0.239 e. The highest BCUT2D eigenvalue weighted by atomic mass is 79.9. The normalized spacial score (nSPS) is 14.8. The molecule has 0 aliphatic carbocycles. The third kappa shape index (κ3) is 2.52. The van der Waals surface area contributed by atoms with Gasteiger partial charge in [0.25, 0.3) is 0 Å². The predicted molar refractivity (Wildman–Crippen MR) is 55.6 cm³/mol. The Morgan fingerprint density at radius 1 is 1.43 bits per heavy atom. The lowest BCUT2D eigenvalue weighted by molar-refractivity contribution is -0.531. The Balaban J connectivity index is 2.84. The van der Waals surface area contributed by atoms with Crippen molar-refractivity contribution in [1.29, 1.82) is 0 Å². The van der Waals surface area contributed by atoms with Crippen LogP contribution in [0, 0.1) is 10.1 Å². The number of nitro groups is 1. The molecule has 0 radical (unpaired) electrons. The van der Waals surface area contributed by atoms with E-state index in [4.69, 9.17) is 0 Å². The van der Waals surface area contributed by atoms with Crippen molar-refractivity contribution >= 4 is 15.9 Å². The van der Waals surface area contributed by atoms with Gasteiger partial charge in [-0.3, -0.25) is 10.1 Å². The summed E-state index contributed by atoms with van der Waals surface area (Å²) in [5.74, 6) is 0. The summed E-state index contributed by atoms with van der Waals surface area (Å²) in [5.41, 5.74) is 0.553. The van der Waals surface area contributed by atoms with Gasteiger partial charge in [-0.25, -0.2) is 0 Å². The Hall–Kier alpha value is -0.940. The lowest BCUT2D eigenvalue weighted by Crippen LogP contribution is -2.23. The lowest BCUT2D eigenvalue weighted by Gasteiger charge is -2.12. The molecule has 0 heterocycles. The van der Waals surface area contributed by atoms with Gasteiger partial charge < -0.3 is 5.11 Å². The van der Waals surface area contributed by atoms with E-state index in [1.54, 1.807) is 24.3 Å². The van der Waals surface area contributed by atoms with E-state index in [1.807, 2.05) is 0 Å². The van der Waals surface area contributed by atoms with Crippen molar-refractivity contribution in [1.82, 2.24) is 0 Å². The molecule has 76 valence electrons. The van der Waals surface area contributed by atoms with Crippen LogP contribution in [0.3, 0.4) is 0 Å². The van der Waals surface area contributed by atoms with Crippen molar-refractivity contribution in [2.24, 2.45) is 0 Å². The summed E-state index contributed by atoms with van der Waals surface area (Å²) >= 11 is 3.25. The molecule has 0 amide bonds. The van der Waals surface area contributed by atoms with Crippen molar-refractivity contribution in [3.8, 4) is 0 Å². The van der Waals surface area contributed by atoms with Crippen LogP contribution in [-0.2, 0) is 0 Å². The van der Waals surface area contributed by atoms with E-state index < -0.39 is 17.1 Å². The van der Waals surface area contributed by atoms with Gasteiger partial charge in [0.05, 0.1) is 0 Å². The number of aliphatic hydroxyl groups excluding tert-OH is 1. The largest absolute Gasteiger partial charge is 0.381 e. The van der Waals surface area contributed by atoms with E-state index in [2.05, 4.69) is 15.9 Å². The number of nitrogens with zero attached hydrogens (tertiary/aromatic N) is 1. The maximum absolute atomic E-state index is 10.4. The van der Waals surface area contributed by atoms with E-state index >= 15 is 0 Å². The Labute approximate surface area is 89.8 Å². The van der Waals surface area contributed by atoms with E-state index in [0.717, 1.165) is 4.47 Å². The average Bonchev–Trinajstić information content (AvgIpc) is 2.16. The molecule has 2 atom stereocenters. The third-order valence-electron chi connectivity index (χ3n) is 2.00. The van der Waals surface area contributed by atoms with E-state index in [1.165, 1.54) is 6.92 Å². The van der Waals surface area contributed by atoms with Crippen molar-refractivity contribution in [3.05, 3.63) is 44.4 Å². The molecule has 5 heteroatoms. The lowest BCUT2D eigenvalue weighted by atomic mass is 10.0. The second kappa shape index (κ2) is 4.52. The van der Waals surface area contributed by atoms with Gasteiger partial charge in [0.2, 0.25) is 6.04 Å². The first-order valence-corrected chi connectivity index (χ1v) is 4.88. The SMILES string of the molecule is C[C@@H]([C@@H](O)c1ccc(Br)cc1)[N+](=O)[O-]. The van der Waals surface area contributed by atoms with Crippen molar-refractivity contribution in [3.63, 3.8) is 0 Å². The van der Waals surface area contributed by atoms with E-state index in [9.17, 15) is 15.2 Å². The fraction of sp³-hybridized carbons (Fsp3) is 0.333. The van der Waals surface area contributed by atoms with Crippen LogP contribution in [0.25, 0.3) is 0 Å². The first kappa shape index (κ1) is 11.1. The molecular formula is C9H10BrNO3. The summed E-state index contributed by atoms with van der Waals surface area (Å²) < 4.78 is 0.877. The quantitative estimate of drug-likeness (QED) is 0.669. The van der Waals surface area contributed by atoms with Crippen LogP contribution in [0.5, 0.6) is 0 Å². The topological polar surface area (TPSA) is 63.4 Å². The van der Waals surface area contributed by atoms with Gasteiger partial charge >= 0.3 is 0 Å². The van der Waals surface area contributed by atoms with Crippen LogP contribution in [0.1, 0.15) is 18.6 Å². The summed E-state index contributed by atoms with van der Waals surface area (Å²) in [6.07, 6.45) is -1.06. The fourth-order valence-electron chi connectivity index (χ4n) is 1.05. The van der Waals surface area contributed by atoms with Crippen LogP contribution in [-0.4, -0.2) is 16.1 Å². The van der Waals surface area contributed by atoms with Gasteiger partial charge in [-0.15, -0.1) is 0 Å². The molecule has 4 nitrogen and oxygen atoms in total. The standard InChI is InChI=1S/C9H10BrNO3/c1-6(11(13)14)9(12)7-2-4-8(10)5-3-7/h2-6,9,12H,1H3/t6-,9+/m0/s1. The number of benzene rings is 1. The molecule has 0 fully saturated rings. The molecule has 1 N–H and O–H groups in total. The molecule has 1 aromatic rings. The van der Waals surface area contributed by atoms with Crippen LogP contribution in [0.4, 0.5) is 0 Å². The van der Waals surface area contributed by atoms with Crippen molar-refractivity contribution < 1.29 is 10.0 Å². The maximum Gasteiger partial charge on any atom is 0.239 e. The van der Waals surface area contributed by atoms with Gasteiger partial charge in [0.1, 0.15) is 6.10 Å².